The van der Waals surface area contributed by atoms with Crippen molar-refractivity contribution in [2.75, 3.05) is 20.3 Å². The van der Waals surface area contributed by atoms with Gasteiger partial charge in [-0.15, -0.1) is 0 Å². The third-order valence-electron chi connectivity index (χ3n) is 4.99. The Bertz CT molecular complexity index is 1250. The van der Waals surface area contributed by atoms with E-state index in [0.29, 0.717) is 34.8 Å². The molecule has 3 aromatic carbocycles. The van der Waals surface area contributed by atoms with Crippen LogP contribution in [0.2, 0.25) is 0 Å². The lowest BCUT2D eigenvalue weighted by Crippen LogP contribution is -2.35. The van der Waals surface area contributed by atoms with Crippen molar-refractivity contribution in [2.24, 2.45) is 5.10 Å². The van der Waals surface area contributed by atoms with Crippen LogP contribution in [0, 0.1) is 6.92 Å². The number of nitrogens with one attached hydrogen (secondary N) is 2. The molecule has 0 aliphatic carbocycles. The van der Waals surface area contributed by atoms with Crippen LogP contribution in [0.25, 0.3) is 0 Å². The molecule has 0 saturated heterocycles. The number of ether oxygens (including phenoxy) is 3. The Labute approximate surface area is 209 Å². The smallest absolute Gasteiger partial charge is 0.343 e. The number of rotatable bonds is 10. The average molecular weight is 490 g/mol. The fourth-order valence-corrected chi connectivity index (χ4v) is 3.16. The van der Waals surface area contributed by atoms with Crippen molar-refractivity contribution < 1.29 is 28.6 Å². The van der Waals surface area contributed by atoms with Crippen LogP contribution in [0.4, 0.5) is 0 Å². The Morgan fingerprint density at radius 3 is 2.42 bits per heavy atom. The maximum atomic E-state index is 12.5. The van der Waals surface area contributed by atoms with Gasteiger partial charge < -0.3 is 19.5 Å². The number of carbonyl (C=O) groups is 3. The molecular weight excluding hydrogens is 462 g/mol. The van der Waals surface area contributed by atoms with Gasteiger partial charge in [-0.25, -0.2) is 10.2 Å². The standard InChI is InChI=1S/C27H27N3O6/c1-4-35-21-12-10-20(11-13-21)27(33)36-23-14-9-19(15-24(23)34-3)16-29-30-25(31)17-28-26(32)22-8-6-5-7-18(22)2/h5-16H,4,17H2,1-3H3,(H,28,32)(H,30,31). The zero-order valence-electron chi connectivity index (χ0n) is 20.2. The van der Waals surface area contributed by atoms with E-state index in [2.05, 4.69) is 15.8 Å². The largest absolute Gasteiger partial charge is 0.494 e. The fourth-order valence-electron chi connectivity index (χ4n) is 3.16. The predicted molar refractivity (Wildman–Crippen MR) is 135 cm³/mol. The maximum Gasteiger partial charge on any atom is 0.343 e. The highest BCUT2D eigenvalue weighted by molar-refractivity contribution is 5.97. The summed E-state index contributed by atoms with van der Waals surface area (Å²) in [5.74, 6) is -0.159. The highest BCUT2D eigenvalue weighted by Gasteiger charge is 2.13. The van der Waals surface area contributed by atoms with E-state index in [1.54, 1.807) is 54.6 Å². The lowest BCUT2D eigenvalue weighted by molar-refractivity contribution is -0.120. The van der Waals surface area contributed by atoms with Crippen molar-refractivity contribution in [1.29, 1.82) is 0 Å². The SMILES string of the molecule is CCOc1ccc(C(=O)Oc2ccc(C=NNC(=O)CNC(=O)c3ccccc3C)cc2OC)cc1. The summed E-state index contributed by atoms with van der Waals surface area (Å²) in [5, 5.41) is 6.45. The molecule has 3 aromatic rings. The van der Waals surface area contributed by atoms with Crippen LogP contribution in [0.15, 0.2) is 71.8 Å². The normalized spacial score (nSPS) is 10.5. The molecule has 0 fully saturated rings. The van der Waals surface area contributed by atoms with Gasteiger partial charge in [0.15, 0.2) is 11.5 Å². The van der Waals surface area contributed by atoms with Crippen LogP contribution in [-0.4, -0.2) is 44.3 Å². The highest BCUT2D eigenvalue weighted by atomic mass is 16.6. The van der Waals surface area contributed by atoms with E-state index in [-0.39, 0.29) is 18.2 Å². The number of amides is 2. The average Bonchev–Trinajstić information content (AvgIpc) is 2.89. The second kappa shape index (κ2) is 12.7. The summed E-state index contributed by atoms with van der Waals surface area (Å²) in [6.07, 6.45) is 1.40. The van der Waals surface area contributed by atoms with Crippen LogP contribution in [0.1, 0.15) is 38.8 Å². The molecule has 3 rings (SSSR count). The van der Waals surface area contributed by atoms with Gasteiger partial charge in [0.1, 0.15) is 5.75 Å². The lowest BCUT2D eigenvalue weighted by Gasteiger charge is -2.10. The second-order valence-corrected chi connectivity index (χ2v) is 7.55. The molecule has 0 saturated carbocycles. The summed E-state index contributed by atoms with van der Waals surface area (Å²) in [6.45, 7) is 4.00. The number of hydrazone groups is 1. The first kappa shape index (κ1) is 26.0. The molecule has 0 bridgehead atoms. The van der Waals surface area contributed by atoms with Gasteiger partial charge >= 0.3 is 5.97 Å². The number of carbonyl (C=O) groups excluding carboxylic acids is 3. The van der Waals surface area contributed by atoms with Crippen LogP contribution < -0.4 is 25.0 Å². The van der Waals surface area contributed by atoms with Crippen molar-refractivity contribution in [2.45, 2.75) is 13.8 Å². The van der Waals surface area contributed by atoms with E-state index in [1.807, 2.05) is 26.0 Å². The number of esters is 1. The highest BCUT2D eigenvalue weighted by Crippen LogP contribution is 2.28. The quantitative estimate of drug-likeness (QED) is 0.195. The molecule has 9 nitrogen and oxygen atoms in total. The molecule has 186 valence electrons. The zero-order valence-corrected chi connectivity index (χ0v) is 20.2. The molecular formula is C27H27N3O6. The Morgan fingerprint density at radius 1 is 0.972 bits per heavy atom. The molecule has 0 atom stereocenters. The van der Waals surface area contributed by atoms with Gasteiger partial charge in [-0.1, -0.05) is 18.2 Å². The predicted octanol–water partition coefficient (Wildman–Crippen LogP) is 3.50. The lowest BCUT2D eigenvalue weighted by atomic mass is 10.1. The first-order valence-corrected chi connectivity index (χ1v) is 11.2. The third-order valence-corrected chi connectivity index (χ3v) is 4.99. The number of aryl methyl sites for hydroxylation is 1. The fraction of sp³-hybridized carbons (Fsp3) is 0.185. The van der Waals surface area contributed by atoms with E-state index in [0.717, 1.165) is 5.56 Å². The third kappa shape index (κ3) is 7.17. The first-order valence-electron chi connectivity index (χ1n) is 11.2. The molecule has 0 heterocycles. The minimum Gasteiger partial charge on any atom is -0.494 e. The van der Waals surface area contributed by atoms with E-state index >= 15 is 0 Å². The molecule has 2 amide bonds. The van der Waals surface area contributed by atoms with Crippen LogP contribution in [0.3, 0.4) is 0 Å². The summed E-state index contributed by atoms with van der Waals surface area (Å²) >= 11 is 0. The Morgan fingerprint density at radius 2 is 1.72 bits per heavy atom. The number of hydrogen-bond donors (Lipinski definition) is 2. The van der Waals surface area contributed by atoms with E-state index in [4.69, 9.17) is 14.2 Å². The Hall–Kier alpha value is -4.66. The molecule has 0 radical (unpaired) electrons. The van der Waals surface area contributed by atoms with Crippen LogP contribution >= 0.6 is 0 Å². The monoisotopic (exact) mass is 489 g/mol. The number of methoxy groups -OCH3 is 1. The van der Waals surface area contributed by atoms with Crippen LogP contribution in [0.5, 0.6) is 17.2 Å². The van der Waals surface area contributed by atoms with Crippen molar-refractivity contribution in [3.8, 4) is 17.2 Å². The van der Waals surface area contributed by atoms with Crippen LogP contribution in [-0.2, 0) is 4.79 Å². The molecule has 0 unspecified atom stereocenters. The van der Waals surface area contributed by atoms with Crippen molar-refractivity contribution in [3.63, 3.8) is 0 Å². The van der Waals surface area contributed by atoms with Gasteiger partial charge in [-0.2, -0.15) is 5.10 Å². The summed E-state index contributed by atoms with van der Waals surface area (Å²) in [4.78, 5) is 36.7. The minimum absolute atomic E-state index is 0.228. The minimum atomic E-state index is -0.544. The summed E-state index contributed by atoms with van der Waals surface area (Å²) < 4.78 is 16.2. The molecule has 36 heavy (non-hydrogen) atoms. The zero-order chi connectivity index (χ0) is 25.9. The van der Waals surface area contributed by atoms with Gasteiger partial charge in [-0.3, -0.25) is 9.59 Å². The van der Waals surface area contributed by atoms with Crippen molar-refractivity contribution >= 4 is 24.0 Å². The summed E-state index contributed by atoms with van der Waals surface area (Å²) in [5.41, 5.74) is 4.63. The second-order valence-electron chi connectivity index (χ2n) is 7.55. The summed E-state index contributed by atoms with van der Waals surface area (Å²) in [7, 11) is 1.45. The number of nitrogens with zero attached hydrogens (tertiary/aromatic N) is 1. The topological polar surface area (TPSA) is 115 Å². The number of hydrogen-bond acceptors (Lipinski definition) is 7. The Kier molecular flexibility index (Phi) is 9.16. The maximum absolute atomic E-state index is 12.5. The van der Waals surface area contributed by atoms with Gasteiger partial charge in [0, 0.05) is 5.56 Å². The van der Waals surface area contributed by atoms with Crippen molar-refractivity contribution in [1.82, 2.24) is 10.7 Å². The van der Waals surface area contributed by atoms with E-state index in [1.165, 1.54) is 13.3 Å². The Balaban J connectivity index is 1.54. The summed E-state index contributed by atoms with van der Waals surface area (Å²) in [6, 6.07) is 18.5. The van der Waals surface area contributed by atoms with Crippen molar-refractivity contribution in [3.05, 3.63) is 89.0 Å². The van der Waals surface area contributed by atoms with E-state index < -0.39 is 11.9 Å². The molecule has 0 aliphatic heterocycles. The van der Waals surface area contributed by atoms with Gasteiger partial charge in [0.2, 0.25) is 0 Å². The first-order chi connectivity index (χ1) is 17.4. The van der Waals surface area contributed by atoms with Gasteiger partial charge in [-0.05, 0) is 73.5 Å². The van der Waals surface area contributed by atoms with Gasteiger partial charge in [0.25, 0.3) is 11.8 Å². The molecule has 0 spiro atoms. The van der Waals surface area contributed by atoms with Gasteiger partial charge in [0.05, 0.1) is 32.0 Å². The number of benzene rings is 3. The molecule has 0 aliphatic rings. The molecule has 0 aromatic heterocycles. The van der Waals surface area contributed by atoms with E-state index in [9.17, 15) is 14.4 Å². The molecule has 2 N–H and O–H groups in total. The molecule has 9 heteroatoms.